The lowest BCUT2D eigenvalue weighted by Gasteiger charge is -2.28. The third-order valence-electron chi connectivity index (χ3n) is 4.44. The summed E-state index contributed by atoms with van der Waals surface area (Å²) >= 11 is 0. The Morgan fingerprint density at radius 1 is 1.04 bits per heavy atom. The van der Waals surface area contributed by atoms with E-state index in [1.807, 2.05) is 12.1 Å². The first kappa shape index (κ1) is 23.5. The molecule has 0 radical (unpaired) electrons. The van der Waals surface area contributed by atoms with Gasteiger partial charge in [0.1, 0.15) is 15.6 Å². The molecule has 0 heterocycles. The zero-order valence-electron chi connectivity index (χ0n) is 17.8. The van der Waals surface area contributed by atoms with Gasteiger partial charge in [-0.1, -0.05) is 53.7 Å². The molecule has 0 aliphatic heterocycles. The van der Waals surface area contributed by atoms with Crippen LogP contribution in [0, 0.1) is 0 Å². The molecule has 1 amide bonds. The number of sulfone groups is 1. The van der Waals surface area contributed by atoms with Crippen LogP contribution < -0.4 is 5.32 Å². The first-order chi connectivity index (χ1) is 12.1. The van der Waals surface area contributed by atoms with Gasteiger partial charge >= 0.3 is 0 Å². The van der Waals surface area contributed by atoms with Crippen molar-refractivity contribution in [2.75, 3.05) is 18.6 Å². The zero-order chi connectivity index (χ0) is 21.0. The lowest BCUT2D eigenvalue weighted by atomic mass is 9.78. The van der Waals surface area contributed by atoms with Gasteiger partial charge in [0.15, 0.2) is 0 Å². The maximum absolute atomic E-state index is 12.1. The van der Waals surface area contributed by atoms with Gasteiger partial charge in [-0.15, -0.1) is 0 Å². The number of phenolic OH excluding ortho intramolecular Hbond substituents is 1. The summed E-state index contributed by atoms with van der Waals surface area (Å²) in [5.74, 6) is 0.324. The minimum absolute atomic E-state index is 0.0785. The number of aryl methyl sites for hydroxylation is 1. The molecule has 5 nitrogen and oxygen atoms in total. The van der Waals surface area contributed by atoms with E-state index in [9.17, 15) is 18.3 Å². The number of carbonyl (C=O) groups excluding carboxylic acids is 1. The molecule has 1 aromatic carbocycles. The van der Waals surface area contributed by atoms with Crippen molar-refractivity contribution in [2.45, 2.75) is 71.6 Å². The number of amides is 1. The van der Waals surface area contributed by atoms with Crippen LogP contribution in [0.25, 0.3) is 0 Å². The second-order valence-corrected chi connectivity index (χ2v) is 11.6. The first-order valence-electron chi connectivity index (χ1n) is 9.42. The summed E-state index contributed by atoms with van der Waals surface area (Å²) in [6.07, 6.45) is 2.52. The summed E-state index contributed by atoms with van der Waals surface area (Å²) in [6.45, 7) is 12.7. The minimum Gasteiger partial charge on any atom is -0.507 e. The number of hydrogen-bond donors (Lipinski definition) is 2. The van der Waals surface area contributed by atoms with E-state index >= 15 is 0 Å². The average molecular weight is 398 g/mol. The predicted octanol–water partition coefficient (Wildman–Crippen LogP) is 3.47. The molecule has 0 atom stereocenters. The molecule has 1 rings (SSSR count). The second kappa shape index (κ2) is 8.63. The highest BCUT2D eigenvalue weighted by Gasteiger charge is 2.26. The molecule has 0 saturated carbocycles. The number of hydrogen-bond acceptors (Lipinski definition) is 4. The van der Waals surface area contributed by atoms with E-state index in [4.69, 9.17) is 0 Å². The summed E-state index contributed by atoms with van der Waals surface area (Å²) in [5.41, 5.74) is 2.40. The summed E-state index contributed by atoms with van der Waals surface area (Å²) < 4.78 is 22.2. The largest absolute Gasteiger partial charge is 0.507 e. The van der Waals surface area contributed by atoms with E-state index in [0.29, 0.717) is 31.6 Å². The Bertz CT molecular complexity index is 733. The molecule has 6 heteroatoms. The van der Waals surface area contributed by atoms with Crippen LogP contribution in [0.3, 0.4) is 0 Å². The molecule has 0 spiro atoms. The van der Waals surface area contributed by atoms with Crippen LogP contribution in [0.1, 0.15) is 71.1 Å². The lowest BCUT2D eigenvalue weighted by Crippen LogP contribution is -2.26. The van der Waals surface area contributed by atoms with Crippen LogP contribution in [-0.4, -0.2) is 38.0 Å². The molecule has 0 fully saturated rings. The molecule has 27 heavy (non-hydrogen) atoms. The van der Waals surface area contributed by atoms with Crippen LogP contribution in [0.15, 0.2) is 12.1 Å². The van der Waals surface area contributed by atoms with Gasteiger partial charge in [-0.05, 0) is 40.4 Å². The Labute approximate surface area is 164 Å². The Balaban J connectivity index is 2.84. The van der Waals surface area contributed by atoms with Crippen molar-refractivity contribution in [3.05, 3.63) is 28.8 Å². The quantitative estimate of drug-likeness (QED) is 0.690. The zero-order valence-corrected chi connectivity index (χ0v) is 18.6. The minimum atomic E-state index is -2.99. The van der Waals surface area contributed by atoms with Crippen LogP contribution in [0.5, 0.6) is 5.75 Å². The summed E-state index contributed by atoms with van der Waals surface area (Å²) in [6, 6.07) is 3.98. The van der Waals surface area contributed by atoms with E-state index < -0.39 is 9.84 Å². The van der Waals surface area contributed by atoms with E-state index in [-0.39, 0.29) is 22.5 Å². The van der Waals surface area contributed by atoms with Crippen molar-refractivity contribution in [1.29, 1.82) is 0 Å². The van der Waals surface area contributed by atoms with Crippen LogP contribution in [0.2, 0.25) is 0 Å². The fourth-order valence-electron chi connectivity index (χ4n) is 2.89. The second-order valence-electron chi connectivity index (χ2n) is 9.37. The standard InChI is InChI=1S/C21H35NO4S/c1-20(2,3)16-13-15(14-17(19(16)24)21(4,5)6)9-10-18(23)22-11-8-12-27(7,25)26/h13-14,24H,8-12H2,1-7H3,(H,22,23). The Kier molecular flexibility index (Phi) is 7.51. The molecule has 0 aromatic heterocycles. The van der Waals surface area contributed by atoms with Gasteiger partial charge in [0.05, 0.1) is 5.75 Å². The van der Waals surface area contributed by atoms with E-state index in [2.05, 4.69) is 46.9 Å². The van der Waals surface area contributed by atoms with Crippen molar-refractivity contribution in [1.82, 2.24) is 5.32 Å². The Hall–Kier alpha value is -1.56. The van der Waals surface area contributed by atoms with Gasteiger partial charge in [0.25, 0.3) is 0 Å². The highest BCUT2D eigenvalue weighted by atomic mass is 32.2. The number of carbonyl (C=O) groups is 1. The highest BCUT2D eigenvalue weighted by Crippen LogP contribution is 2.39. The monoisotopic (exact) mass is 397 g/mol. The van der Waals surface area contributed by atoms with Gasteiger partial charge in [0, 0.05) is 19.2 Å². The summed E-state index contributed by atoms with van der Waals surface area (Å²) in [4.78, 5) is 12.1. The molecular formula is C21H35NO4S. The SMILES string of the molecule is CC(C)(C)c1cc(CCC(=O)NCCCS(C)(=O)=O)cc(C(C)(C)C)c1O. The summed E-state index contributed by atoms with van der Waals surface area (Å²) in [5, 5.41) is 13.5. The van der Waals surface area contributed by atoms with Gasteiger partial charge in [-0.25, -0.2) is 8.42 Å². The van der Waals surface area contributed by atoms with Gasteiger partial charge in [-0.2, -0.15) is 0 Å². The predicted molar refractivity (Wildman–Crippen MR) is 111 cm³/mol. The topological polar surface area (TPSA) is 83.5 Å². The maximum atomic E-state index is 12.1. The van der Waals surface area contributed by atoms with E-state index in [0.717, 1.165) is 16.7 Å². The first-order valence-corrected chi connectivity index (χ1v) is 11.5. The lowest BCUT2D eigenvalue weighted by molar-refractivity contribution is -0.121. The van der Waals surface area contributed by atoms with Gasteiger partial charge < -0.3 is 10.4 Å². The molecule has 154 valence electrons. The highest BCUT2D eigenvalue weighted by molar-refractivity contribution is 7.90. The van der Waals surface area contributed by atoms with E-state index in [1.54, 1.807) is 0 Å². The fraction of sp³-hybridized carbons (Fsp3) is 0.667. The van der Waals surface area contributed by atoms with E-state index in [1.165, 1.54) is 6.26 Å². The third-order valence-corrected chi connectivity index (χ3v) is 5.47. The number of phenols is 1. The smallest absolute Gasteiger partial charge is 0.220 e. The van der Waals surface area contributed by atoms with Crippen LogP contribution in [-0.2, 0) is 31.9 Å². The van der Waals surface area contributed by atoms with Crippen molar-refractivity contribution < 1.29 is 18.3 Å². The number of benzene rings is 1. The third kappa shape index (κ3) is 7.91. The average Bonchev–Trinajstić information content (AvgIpc) is 2.47. The molecule has 2 N–H and O–H groups in total. The van der Waals surface area contributed by atoms with Crippen molar-refractivity contribution in [3.8, 4) is 5.75 Å². The molecule has 0 bridgehead atoms. The normalized spacial score (nSPS) is 12.9. The number of rotatable bonds is 7. The molecule has 0 saturated heterocycles. The molecule has 1 aromatic rings. The van der Waals surface area contributed by atoms with Crippen LogP contribution in [0.4, 0.5) is 0 Å². The van der Waals surface area contributed by atoms with Crippen molar-refractivity contribution in [3.63, 3.8) is 0 Å². The van der Waals surface area contributed by atoms with Gasteiger partial charge in [-0.3, -0.25) is 4.79 Å². The fourth-order valence-corrected chi connectivity index (χ4v) is 3.56. The summed E-state index contributed by atoms with van der Waals surface area (Å²) in [7, 11) is -2.99. The van der Waals surface area contributed by atoms with Crippen molar-refractivity contribution in [2.24, 2.45) is 0 Å². The molecule has 0 aliphatic rings. The maximum Gasteiger partial charge on any atom is 0.220 e. The van der Waals surface area contributed by atoms with Crippen molar-refractivity contribution >= 4 is 15.7 Å². The Morgan fingerprint density at radius 2 is 1.52 bits per heavy atom. The molecular weight excluding hydrogens is 362 g/mol. The number of aromatic hydroxyl groups is 1. The Morgan fingerprint density at radius 3 is 1.93 bits per heavy atom. The molecule has 0 unspecified atom stereocenters. The number of nitrogens with one attached hydrogen (secondary N) is 1. The van der Waals surface area contributed by atoms with Gasteiger partial charge in [0.2, 0.25) is 5.91 Å². The molecule has 0 aliphatic carbocycles. The van der Waals surface area contributed by atoms with Crippen LogP contribution >= 0.6 is 0 Å².